The molecule has 2 amide bonds. The van der Waals surface area contributed by atoms with E-state index in [4.69, 9.17) is 0 Å². The summed E-state index contributed by atoms with van der Waals surface area (Å²) in [6.07, 6.45) is 5.44. The monoisotopic (exact) mass is 236 g/mol. The maximum Gasteiger partial charge on any atom is 0.246 e. The molecule has 2 heterocycles. The summed E-state index contributed by atoms with van der Waals surface area (Å²) in [5.41, 5.74) is 0. The van der Waals surface area contributed by atoms with E-state index in [-0.39, 0.29) is 30.4 Å². The van der Waals surface area contributed by atoms with E-state index in [1.54, 1.807) is 15.9 Å². The molecule has 0 aromatic rings. The number of piperazine rings is 1. The maximum atomic E-state index is 12.3. The van der Waals surface area contributed by atoms with Crippen LogP contribution in [0.3, 0.4) is 0 Å². The number of rotatable bonds is 3. The Balaban J connectivity index is 2.13. The van der Waals surface area contributed by atoms with Crippen molar-refractivity contribution in [2.24, 2.45) is 0 Å². The minimum atomic E-state index is -0.197. The highest BCUT2D eigenvalue weighted by Gasteiger charge is 2.41. The lowest BCUT2D eigenvalue weighted by Crippen LogP contribution is -2.62. The van der Waals surface area contributed by atoms with Gasteiger partial charge < -0.3 is 9.80 Å². The van der Waals surface area contributed by atoms with Gasteiger partial charge in [0.15, 0.2) is 0 Å². The molecule has 4 nitrogen and oxygen atoms in total. The number of hydrogen-bond donors (Lipinski definition) is 0. The molecule has 2 aliphatic rings. The first-order valence-corrected chi connectivity index (χ1v) is 6.36. The number of amides is 2. The topological polar surface area (TPSA) is 40.6 Å². The van der Waals surface area contributed by atoms with E-state index in [0.717, 1.165) is 32.2 Å². The van der Waals surface area contributed by atoms with Crippen molar-refractivity contribution in [3.63, 3.8) is 0 Å². The number of carbonyl (C=O) groups is 2. The van der Waals surface area contributed by atoms with Gasteiger partial charge >= 0.3 is 0 Å². The van der Waals surface area contributed by atoms with Gasteiger partial charge in [-0.15, -0.1) is 6.58 Å². The summed E-state index contributed by atoms with van der Waals surface area (Å²) >= 11 is 0. The van der Waals surface area contributed by atoms with Crippen molar-refractivity contribution in [3.05, 3.63) is 12.7 Å². The zero-order chi connectivity index (χ0) is 12.4. The minimum absolute atomic E-state index is 0.0769. The largest absolute Gasteiger partial charge is 0.329 e. The van der Waals surface area contributed by atoms with Crippen molar-refractivity contribution in [2.45, 2.75) is 44.7 Å². The molecular weight excluding hydrogens is 216 g/mol. The highest BCUT2D eigenvalue weighted by atomic mass is 16.2. The first-order chi connectivity index (χ1) is 8.15. The van der Waals surface area contributed by atoms with Gasteiger partial charge in [0.1, 0.15) is 12.6 Å². The fourth-order valence-electron chi connectivity index (χ4n) is 2.73. The van der Waals surface area contributed by atoms with E-state index in [9.17, 15) is 9.59 Å². The van der Waals surface area contributed by atoms with Crippen LogP contribution in [0.15, 0.2) is 12.7 Å². The maximum absolute atomic E-state index is 12.3. The van der Waals surface area contributed by atoms with Crippen LogP contribution in [0.1, 0.15) is 32.6 Å². The van der Waals surface area contributed by atoms with Crippen LogP contribution in [0.2, 0.25) is 0 Å². The van der Waals surface area contributed by atoms with Gasteiger partial charge in [0.2, 0.25) is 11.8 Å². The van der Waals surface area contributed by atoms with E-state index < -0.39 is 0 Å². The van der Waals surface area contributed by atoms with Gasteiger partial charge in [-0.25, -0.2) is 0 Å². The van der Waals surface area contributed by atoms with Gasteiger partial charge in [-0.05, 0) is 32.6 Å². The summed E-state index contributed by atoms with van der Waals surface area (Å²) < 4.78 is 0. The second-order valence-corrected chi connectivity index (χ2v) is 4.94. The van der Waals surface area contributed by atoms with Gasteiger partial charge in [0, 0.05) is 12.6 Å². The molecular formula is C13H20N2O2. The zero-order valence-electron chi connectivity index (χ0n) is 10.4. The van der Waals surface area contributed by atoms with Gasteiger partial charge in [-0.2, -0.15) is 0 Å². The first kappa shape index (κ1) is 12.1. The Hall–Kier alpha value is -1.32. The average Bonchev–Trinajstić information content (AvgIpc) is 2.34. The Kier molecular flexibility index (Phi) is 3.50. The lowest BCUT2D eigenvalue weighted by atomic mass is 9.97. The Labute approximate surface area is 102 Å². The van der Waals surface area contributed by atoms with E-state index in [2.05, 4.69) is 6.58 Å². The molecule has 17 heavy (non-hydrogen) atoms. The molecule has 0 aromatic carbocycles. The molecule has 94 valence electrons. The third-order valence-electron chi connectivity index (χ3n) is 3.74. The molecule has 2 atom stereocenters. The summed E-state index contributed by atoms with van der Waals surface area (Å²) in [4.78, 5) is 27.8. The SMILES string of the molecule is C=CCC(C)N1CC(=O)N2CCCCC2C1=O. The molecule has 2 saturated heterocycles. The molecule has 0 aromatic heterocycles. The van der Waals surface area contributed by atoms with Gasteiger partial charge in [0.05, 0.1) is 0 Å². The van der Waals surface area contributed by atoms with Crippen LogP contribution < -0.4 is 0 Å². The Morgan fingerprint density at radius 1 is 1.47 bits per heavy atom. The van der Waals surface area contributed by atoms with Crippen LogP contribution in [-0.4, -0.2) is 46.8 Å². The molecule has 0 N–H and O–H groups in total. The molecule has 4 heteroatoms. The van der Waals surface area contributed by atoms with E-state index in [0.29, 0.717) is 0 Å². The lowest BCUT2D eigenvalue weighted by molar-refractivity contribution is -0.159. The van der Waals surface area contributed by atoms with Crippen LogP contribution in [0.5, 0.6) is 0 Å². The third kappa shape index (κ3) is 2.21. The molecule has 0 bridgehead atoms. The van der Waals surface area contributed by atoms with Crippen molar-refractivity contribution in [1.82, 2.24) is 9.80 Å². The number of carbonyl (C=O) groups excluding carboxylic acids is 2. The molecule has 0 spiro atoms. The van der Waals surface area contributed by atoms with E-state index in [1.807, 2.05) is 6.92 Å². The fourth-order valence-corrected chi connectivity index (χ4v) is 2.73. The number of nitrogens with zero attached hydrogens (tertiary/aromatic N) is 2. The van der Waals surface area contributed by atoms with Crippen LogP contribution in [0, 0.1) is 0 Å². The van der Waals surface area contributed by atoms with Crippen molar-refractivity contribution < 1.29 is 9.59 Å². The molecule has 0 saturated carbocycles. The normalized spacial score (nSPS) is 26.8. The Morgan fingerprint density at radius 3 is 2.94 bits per heavy atom. The van der Waals surface area contributed by atoms with Crippen LogP contribution >= 0.6 is 0 Å². The summed E-state index contributed by atoms with van der Waals surface area (Å²) in [5.74, 6) is 0.226. The van der Waals surface area contributed by atoms with Gasteiger partial charge in [-0.3, -0.25) is 9.59 Å². The average molecular weight is 236 g/mol. The second-order valence-electron chi connectivity index (χ2n) is 4.94. The van der Waals surface area contributed by atoms with Crippen LogP contribution in [-0.2, 0) is 9.59 Å². The predicted molar refractivity (Wildman–Crippen MR) is 65.3 cm³/mol. The summed E-state index contributed by atoms with van der Waals surface area (Å²) in [6, 6.07) is -0.120. The summed E-state index contributed by atoms with van der Waals surface area (Å²) in [5, 5.41) is 0. The molecule has 2 aliphatic heterocycles. The predicted octanol–water partition coefficient (Wildman–Crippen LogP) is 1.17. The summed E-state index contributed by atoms with van der Waals surface area (Å²) in [7, 11) is 0. The Morgan fingerprint density at radius 2 is 2.24 bits per heavy atom. The molecule has 0 radical (unpaired) electrons. The molecule has 2 fully saturated rings. The minimum Gasteiger partial charge on any atom is -0.329 e. The zero-order valence-corrected chi connectivity index (χ0v) is 10.4. The van der Waals surface area contributed by atoms with Crippen molar-refractivity contribution in [3.8, 4) is 0 Å². The van der Waals surface area contributed by atoms with E-state index in [1.165, 1.54) is 0 Å². The van der Waals surface area contributed by atoms with Crippen molar-refractivity contribution >= 4 is 11.8 Å². The Bertz CT molecular complexity index is 340. The van der Waals surface area contributed by atoms with Crippen LogP contribution in [0.25, 0.3) is 0 Å². The standard InChI is InChI=1S/C13H20N2O2/c1-3-6-10(2)15-9-12(16)14-8-5-4-7-11(14)13(15)17/h3,10-11H,1,4-9H2,2H3. The highest BCUT2D eigenvalue weighted by Crippen LogP contribution is 2.24. The van der Waals surface area contributed by atoms with E-state index >= 15 is 0 Å². The molecule has 2 rings (SSSR count). The number of hydrogen-bond acceptors (Lipinski definition) is 2. The highest BCUT2D eigenvalue weighted by molar-refractivity contribution is 5.95. The smallest absolute Gasteiger partial charge is 0.246 e. The number of piperidine rings is 1. The quantitative estimate of drug-likeness (QED) is 0.690. The van der Waals surface area contributed by atoms with Gasteiger partial charge in [-0.1, -0.05) is 6.08 Å². The van der Waals surface area contributed by atoms with Crippen molar-refractivity contribution in [2.75, 3.05) is 13.1 Å². The first-order valence-electron chi connectivity index (χ1n) is 6.36. The van der Waals surface area contributed by atoms with Crippen molar-refractivity contribution in [1.29, 1.82) is 0 Å². The second kappa shape index (κ2) is 4.90. The van der Waals surface area contributed by atoms with Gasteiger partial charge in [0.25, 0.3) is 0 Å². The molecule has 2 unspecified atom stereocenters. The van der Waals surface area contributed by atoms with Crippen LogP contribution in [0.4, 0.5) is 0 Å². The number of fused-ring (bicyclic) bond motifs is 1. The third-order valence-corrected chi connectivity index (χ3v) is 3.74. The lowest BCUT2D eigenvalue weighted by Gasteiger charge is -2.44. The molecule has 0 aliphatic carbocycles. The summed E-state index contributed by atoms with van der Waals surface area (Å²) in [6.45, 7) is 6.65. The fraction of sp³-hybridized carbons (Fsp3) is 0.692.